The number of ether oxygens (including phenoxy) is 1. The van der Waals surface area contributed by atoms with Gasteiger partial charge in [0.2, 0.25) is 0 Å². The van der Waals surface area contributed by atoms with Crippen LogP contribution in [0.25, 0.3) is 34.1 Å². The fourth-order valence-corrected chi connectivity index (χ4v) is 4.46. The number of nitrogens with zero attached hydrogens (tertiary/aromatic N) is 4. The second kappa shape index (κ2) is 9.10. The van der Waals surface area contributed by atoms with E-state index in [1.165, 1.54) is 34.2 Å². The summed E-state index contributed by atoms with van der Waals surface area (Å²) in [4.78, 5) is 25.6. The zero-order valence-corrected chi connectivity index (χ0v) is 19.1. The van der Waals surface area contributed by atoms with Gasteiger partial charge in [0.15, 0.2) is 11.5 Å². The topological polar surface area (TPSA) is 113 Å². The van der Waals surface area contributed by atoms with Crippen molar-refractivity contribution in [3.05, 3.63) is 99.8 Å². The van der Waals surface area contributed by atoms with Gasteiger partial charge >= 0.3 is 11.6 Å². The van der Waals surface area contributed by atoms with E-state index in [0.29, 0.717) is 22.7 Å². The molecule has 0 spiro atoms. The summed E-state index contributed by atoms with van der Waals surface area (Å²) in [5.74, 6) is 0.114. The average molecular weight is 480 g/mol. The van der Waals surface area contributed by atoms with Crippen LogP contribution in [-0.2, 0) is 29.0 Å². The molecule has 0 N–H and O–H groups in total. The zero-order valence-electron chi connectivity index (χ0n) is 19.1. The number of hydrogen-bond donors (Lipinski definition) is 0. The van der Waals surface area contributed by atoms with Crippen molar-refractivity contribution < 1.29 is 18.4 Å². The van der Waals surface area contributed by atoms with E-state index >= 15 is 0 Å². The van der Waals surface area contributed by atoms with Crippen LogP contribution in [0.5, 0.6) is 0 Å². The van der Waals surface area contributed by atoms with E-state index in [4.69, 9.17) is 13.6 Å². The standard InChI is InChI=1S/C27H20N4O5/c32-25-14-20(22-12-18-8-4-9-19(18)13-24(22)36-25)16-35-27(33)23(15-21-10-5-11-34-21)31-26(28-29-30-31)17-6-2-1-3-7-17/h1-3,5-7,10-15H,4,8-9,16H2/b23-15-. The summed E-state index contributed by atoms with van der Waals surface area (Å²) in [5.41, 5.74) is 3.76. The van der Waals surface area contributed by atoms with Gasteiger partial charge in [-0.05, 0) is 65.1 Å². The minimum absolute atomic E-state index is 0.0574. The lowest BCUT2D eigenvalue weighted by Crippen LogP contribution is -2.15. The highest BCUT2D eigenvalue weighted by atomic mass is 16.5. The summed E-state index contributed by atoms with van der Waals surface area (Å²) in [6.45, 7) is -0.127. The van der Waals surface area contributed by atoms with Crippen molar-refractivity contribution in [3.8, 4) is 11.4 Å². The largest absolute Gasteiger partial charge is 0.465 e. The third-order valence-corrected chi connectivity index (χ3v) is 6.16. The number of fused-ring (bicyclic) bond motifs is 2. The van der Waals surface area contributed by atoms with Crippen molar-refractivity contribution in [2.75, 3.05) is 0 Å². The summed E-state index contributed by atoms with van der Waals surface area (Å²) in [6.07, 6.45) is 6.01. The first-order chi connectivity index (χ1) is 17.7. The lowest BCUT2D eigenvalue weighted by atomic mass is 10.0. The Bertz CT molecular complexity index is 1650. The molecule has 1 aliphatic carbocycles. The summed E-state index contributed by atoms with van der Waals surface area (Å²) < 4.78 is 17.8. The molecule has 0 aliphatic heterocycles. The molecular weight excluding hydrogens is 460 g/mol. The third kappa shape index (κ3) is 4.11. The van der Waals surface area contributed by atoms with Crippen molar-refractivity contribution in [2.24, 2.45) is 0 Å². The summed E-state index contributed by atoms with van der Waals surface area (Å²) in [6, 6.07) is 18.0. The zero-order chi connectivity index (χ0) is 24.5. The van der Waals surface area contributed by atoms with Crippen LogP contribution in [-0.4, -0.2) is 26.2 Å². The molecule has 0 fully saturated rings. The van der Waals surface area contributed by atoms with Gasteiger partial charge in [-0.3, -0.25) is 0 Å². The summed E-state index contributed by atoms with van der Waals surface area (Å²) in [7, 11) is 0. The molecule has 0 saturated heterocycles. The van der Waals surface area contributed by atoms with Crippen molar-refractivity contribution >= 4 is 28.7 Å². The molecule has 36 heavy (non-hydrogen) atoms. The molecule has 0 saturated carbocycles. The maximum absolute atomic E-state index is 13.4. The third-order valence-electron chi connectivity index (χ3n) is 6.16. The van der Waals surface area contributed by atoms with E-state index in [1.54, 1.807) is 12.1 Å². The Morgan fingerprint density at radius 2 is 1.89 bits per heavy atom. The minimum Gasteiger partial charge on any atom is -0.465 e. The van der Waals surface area contributed by atoms with E-state index in [-0.39, 0.29) is 12.3 Å². The number of carbonyl (C=O) groups excluding carboxylic acids is 1. The Hall–Kier alpha value is -4.79. The molecule has 0 atom stereocenters. The molecule has 9 nitrogen and oxygen atoms in total. The molecule has 5 aromatic rings. The van der Waals surface area contributed by atoms with Gasteiger partial charge < -0.3 is 13.6 Å². The van der Waals surface area contributed by atoms with Crippen LogP contribution in [0.15, 0.2) is 80.6 Å². The lowest BCUT2D eigenvalue weighted by molar-refractivity contribution is -0.138. The molecule has 0 bridgehead atoms. The summed E-state index contributed by atoms with van der Waals surface area (Å²) in [5, 5.41) is 12.6. The maximum atomic E-state index is 13.4. The van der Waals surface area contributed by atoms with Crippen LogP contribution in [0.3, 0.4) is 0 Å². The van der Waals surface area contributed by atoms with Crippen LogP contribution in [0.4, 0.5) is 0 Å². The number of benzene rings is 2. The fraction of sp³-hybridized carbons (Fsp3) is 0.148. The van der Waals surface area contributed by atoms with Gasteiger partial charge in [-0.15, -0.1) is 5.10 Å². The normalized spacial score (nSPS) is 13.2. The van der Waals surface area contributed by atoms with Crippen molar-refractivity contribution in [2.45, 2.75) is 25.9 Å². The summed E-state index contributed by atoms with van der Waals surface area (Å²) >= 11 is 0. The Morgan fingerprint density at radius 3 is 2.69 bits per heavy atom. The van der Waals surface area contributed by atoms with Crippen LogP contribution < -0.4 is 5.63 Å². The van der Waals surface area contributed by atoms with Crippen LogP contribution in [0.2, 0.25) is 0 Å². The van der Waals surface area contributed by atoms with Gasteiger partial charge in [-0.1, -0.05) is 30.3 Å². The molecule has 9 heteroatoms. The van der Waals surface area contributed by atoms with E-state index < -0.39 is 11.6 Å². The molecule has 3 aromatic heterocycles. The first-order valence-corrected chi connectivity index (χ1v) is 11.5. The number of tetrazole rings is 1. The highest BCUT2D eigenvalue weighted by Gasteiger charge is 2.22. The predicted octanol–water partition coefficient (Wildman–Crippen LogP) is 4.27. The Balaban J connectivity index is 1.35. The van der Waals surface area contributed by atoms with Crippen molar-refractivity contribution in [1.82, 2.24) is 20.2 Å². The second-order valence-corrected chi connectivity index (χ2v) is 8.46. The van der Waals surface area contributed by atoms with E-state index in [0.717, 1.165) is 30.2 Å². The van der Waals surface area contributed by atoms with Gasteiger partial charge in [0.25, 0.3) is 0 Å². The first-order valence-electron chi connectivity index (χ1n) is 11.5. The molecule has 0 amide bonds. The number of aromatic nitrogens is 4. The van der Waals surface area contributed by atoms with E-state index in [2.05, 4.69) is 15.5 Å². The Kier molecular flexibility index (Phi) is 5.49. The molecule has 2 aromatic carbocycles. The van der Waals surface area contributed by atoms with Gasteiger partial charge in [0.1, 0.15) is 18.0 Å². The number of furan rings is 1. The first kappa shape index (κ1) is 21.7. The van der Waals surface area contributed by atoms with Gasteiger partial charge in [-0.25, -0.2) is 9.59 Å². The molecule has 3 heterocycles. The monoisotopic (exact) mass is 480 g/mol. The average Bonchev–Trinajstić information content (AvgIpc) is 3.67. The molecule has 6 rings (SSSR count). The number of aryl methyl sites for hydroxylation is 2. The maximum Gasteiger partial charge on any atom is 0.357 e. The number of hydrogen-bond acceptors (Lipinski definition) is 8. The van der Waals surface area contributed by atoms with Crippen LogP contribution >= 0.6 is 0 Å². The van der Waals surface area contributed by atoms with Crippen molar-refractivity contribution in [1.29, 1.82) is 0 Å². The Morgan fingerprint density at radius 1 is 1.06 bits per heavy atom. The van der Waals surface area contributed by atoms with Gasteiger partial charge in [0, 0.05) is 28.7 Å². The van der Waals surface area contributed by atoms with Gasteiger partial charge in [0.05, 0.1) is 6.26 Å². The van der Waals surface area contributed by atoms with E-state index in [1.807, 2.05) is 42.5 Å². The molecule has 0 unspecified atom stereocenters. The number of carbonyl (C=O) groups is 1. The quantitative estimate of drug-likeness (QED) is 0.201. The fourth-order valence-electron chi connectivity index (χ4n) is 4.46. The smallest absolute Gasteiger partial charge is 0.357 e. The van der Waals surface area contributed by atoms with E-state index in [9.17, 15) is 9.59 Å². The highest BCUT2D eigenvalue weighted by Crippen LogP contribution is 2.29. The Labute approximate surface area is 204 Å². The van der Waals surface area contributed by atoms with Crippen LogP contribution in [0, 0.1) is 0 Å². The molecule has 1 aliphatic rings. The van der Waals surface area contributed by atoms with Crippen LogP contribution in [0.1, 0.15) is 28.9 Å². The minimum atomic E-state index is -0.682. The predicted molar refractivity (Wildman–Crippen MR) is 130 cm³/mol. The van der Waals surface area contributed by atoms with Gasteiger partial charge in [-0.2, -0.15) is 4.68 Å². The molecule has 178 valence electrons. The SMILES string of the molecule is O=C(OCc1cc(=O)oc2cc3c(cc12)CCC3)/C(=C/c1ccco1)n1nnnc1-c1ccccc1. The molecule has 0 radical (unpaired) electrons. The highest BCUT2D eigenvalue weighted by molar-refractivity contribution is 6.15. The lowest BCUT2D eigenvalue weighted by Gasteiger charge is -2.11. The number of rotatable bonds is 6. The second-order valence-electron chi connectivity index (χ2n) is 8.46. The van der Waals surface area contributed by atoms with Crippen molar-refractivity contribution in [3.63, 3.8) is 0 Å². The number of esters is 1. The molecular formula is C27H20N4O5.